The van der Waals surface area contributed by atoms with Crippen molar-refractivity contribution in [3.63, 3.8) is 0 Å². The van der Waals surface area contributed by atoms with E-state index < -0.39 is 5.97 Å². The fourth-order valence-corrected chi connectivity index (χ4v) is 3.96. The van der Waals surface area contributed by atoms with E-state index in [1.807, 2.05) is 0 Å². The SMILES string of the molecule is COc1cc(-c2cc(C(=O)NC3CCC(O)CC3)c3c(N)ncnn23)ccc1C(=O)O. The third-order valence-corrected chi connectivity index (χ3v) is 5.59. The summed E-state index contributed by atoms with van der Waals surface area (Å²) in [6.07, 6.45) is 3.67. The van der Waals surface area contributed by atoms with Gasteiger partial charge in [0.15, 0.2) is 5.82 Å². The lowest BCUT2D eigenvalue weighted by Crippen LogP contribution is -2.38. The van der Waals surface area contributed by atoms with Gasteiger partial charge in [-0.3, -0.25) is 4.79 Å². The Kier molecular flexibility index (Phi) is 5.47. The van der Waals surface area contributed by atoms with Crippen LogP contribution in [0, 0.1) is 0 Å². The van der Waals surface area contributed by atoms with Crippen molar-refractivity contribution < 1.29 is 24.5 Å². The van der Waals surface area contributed by atoms with E-state index in [2.05, 4.69) is 15.4 Å². The molecule has 10 heteroatoms. The van der Waals surface area contributed by atoms with E-state index in [9.17, 15) is 19.8 Å². The first-order valence-electron chi connectivity index (χ1n) is 9.92. The number of hydrogen-bond donors (Lipinski definition) is 4. The van der Waals surface area contributed by atoms with E-state index in [0.29, 0.717) is 48.0 Å². The maximum absolute atomic E-state index is 13.1. The molecule has 4 rings (SSSR count). The van der Waals surface area contributed by atoms with E-state index >= 15 is 0 Å². The Balaban J connectivity index is 1.75. The van der Waals surface area contributed by atoms with Crippen molar-refractivity contribution in [2.45, 2.75) is 37.8 Å². The topological polar surface area (TPSA) is 152 Å². The molecule has 1 aliphatic rings. The Bertz CT molecular complexity index is 1150. The lowest BCUT2D eigenvalue weighted by Gasteiger charge is -2.26. The molecule has 0 bridgehead atoms. The number of anilines is 1. The summed E-state index contributed by atoms with van der Waals surface area (Å²) in [4.78, 5) is 28.5. The smallest absolute Gasteiger partial charge is 0.339 e. The molecule has 1 aliphatic carbocycles. The maximum Gasteiger partial charge on any atom is 0.339 e. The van der Waals surface area contributed by atoms with Crippen LogP contribution in [0.5, 0.6) is 5.75 Å². The molecule has 3 aromatic rings. The van der Waals surface area contributed by atoms with E-state index in [0.717, 1.165) is 0 Å². The van der Waals surface area contributed by atoms with Crippen LogP contribution in [0.4, 0.5) is 5.82 Å². The molecule has 31 heavy (non-hydrogen) atoms. The summed E-state index contributed by atoms with van der Waals surface area (Å²) in [7, 11) is 1.39. The molecule has 2 heterocycles. The minimum Gasteiger partial charge on any atom is -0.496 e. The summed E-state index contributed by atoms with van der Waals surface area (Å²) in [5, 5.41) is 26.3. The third-order valence-electron chi connectivity index (χ3n) is 5.59. The molecule has 0 saturated heterocycles. The zero-order valence-electron chi connectivity index (χ0n) is 16.9. The number of methoxy groups -OCH3 is 1. The number of aromatic carboxylic acids is 1. The zero-order chi connectivity index (χ0) is 22.1. The Hall–Kier alpha value is -3.66. The highest BCUT2D eigenvalue weighted by molar-refractivity contribution is 6.05. The molecule has 5 N–H and O–H groups in total. The van der Waals surface area contributed by atoms with Gasteiger partial charge in [-0.2, -0.15) is 5.10 Å². The summed E-state index contributed by atoms with van der Waals surface area (Å²) >= 11 is 0. The number of carboxylic acid groups (broad SMARTS) is 1. The highest BCUT2D eigenvalue weighted by atomic mass is 16.5. The summed E-state index contributed by atoms with van der Waals surface area (Å²) in [5.74, 6) is -1.07. The van der Waals surface area contributed by atoms with Gasteiger partial charge in [-0.25, -0.2) is 14.3 Å². The molecule has 1 aromatic carbocycles. The number of nitrogens with two attached hydrogens (primary N) is 1. The number of hydrogen-bond acceptors (Lipinski definition) is 7. The number of rotatable bonds is 5. The molecule has 1 saturated carbocycles. The number of aliphatic hydroxyl groups excluding tert-OH is 1. The van der Waals surface area contributed by atoms with E-state index in [-0.39, 0.29) is 35.2 Å². The fourth-order valence-electron chi connectivity index (χ4n) is 3.96. The highest BCUT2D eigenvalue weighted by Gasteiger charge is 2.25. The van der Waals surface area contributed by atoms with E-state index in [1.165, 1.54) is 24.0 Å². The minimum atomic E-state index is -1.10. The number of nitrogen functional groups attached to an aromatic ring is 1. The van der Waals surface area contributed by atoms with E-state index in [1.54, 1.807) is 18.2 Å². The monoisotopic (exact) mass is 425 g/mol. The van der Waals surface area contributed by atoms with Gasteiger partial charge in [0.05, 0.1) is 24.5 Å². The second kappa shape index (κ2) is 8.23. The Morgan fingerprint density at radius 2 is 1.94 bits per heavy atom. The van der Waals surface area contributed by atoms with Gasteiger partial charge in [-0.15, -0.1) is 0 Å². The first-order valence-corrected chi connectivity index (χ1v) is 9.92. The van der Waals surface area contributed by atoms with Crippen LogP contribution in [0.1, 0.15) is 46.4 Å². The number of carbonyl (C=O) groups is 2. The number of nitrogens with one attached hydrogen (secondary N) is 1. The average Bonchev–Trinajstić information content (AvgIpc) is 3.16. The van der Waals surface area contributed by atoms with Gasteiger partial charge in [0, 0.05) is 11.6 Å². The van der Waals surface area contributed by atoms with Gasteiger partial charge >= 0.3 is 5.97 Å². The van der Waals surface area contributed by atoms with Crippen LogP contribution in [-0.4, -0.2) is 55.9 Å². The van der Waals surface area contributed by atoms with Gasteiger partial charge in [-0.1, -0.05) is 6.07 Å². The van der Waals surface area contributed by atoms with Gasteiger partial charge in [0.1, 0.15) is 23.2 Å². The molecule has 0 aliphatic heterocycles. The molecule has 0 atom stereocenters. The first kappa shape index (κ1) is 20.6. The predicted octanol–water partition coefficient (Wildman–Crippen LogP) is 1.72. The van der Waals surface area contributed by atoms with Crippen molar-refractivity contribution in [2.75, 3.05) is 12.8 Å². The number of carboxylic acids is 1. The molecule has 162 valence electrons. The maximum atomic E-state index is 13.1. The Morgan fingerprint density at radius 1 is 1.19 bits per heavy atom. The van der Waals surface area contributed by atoms with Crippen molar-refractivity contribution in [3.8, 4) is 17.0 Å². The largest absolute Gasteiger partial charge is 0.496 e. The fraction of sp³-hybridized carbons (Fsp3) is 0.333. The van der Waals surface area contributed by atoms with Crippen molar-refractivity contribution >= 4 is 23.2 Å². The van der Waals surface area contributed by atoms with Gasteiger partial charge in [0.2, 0.25) is 0 Å². The van der Waals surface area contributed by atoms with Crippen molar-refractivity contribution in [1.82, 2.24) is 19.9 Å². The van der Waals surface area contributed by atoms with Crippen LogP contribution in [0.3, 0.4) is 0 Å². The van der Waals surface area contributed by atoms with Crippen LogP contribution in [0.25, 0.3) is 16.8 Å². The number of nitrogens with zero attached hydrogens (tertiary/aromatic N) is 3. The van der Waals surface area contributed by atoms with Crippen LogP contribution in [0.15, 0.2) is 30.6 Å². The first-order chi connectivity index (χ1) is 14.9. The van der Waals surface area contributed by atoms with Crippen molar-refractivity contribution in [3.05, 3.63) is 41.7 Å². The summed E-state index contributed by atoms with van der Waals surface area (Å²) in [5.41, 5.74) is 7.94. The Morgan fingerprint density at radius 3 is 2.61 bits per heavy atom. The van der Waals surface area contributed by atoms with Gasteiger partial charge < -0.3 is 26.0 Å². The standard InChI is InChI=1S/C21H23N5O5/c1-31-17-8-11(2-7-14(17)21(29)30)16-9-15(18-19(22)23-10-24-26(16)18)20(28)25-12-3-5-13(27)6-4-12/h2,7-10,12-13,27H,3-6H2,1H3,(H,25,28)(H,29,30)(H2,22,23,24). The van der Waals surface area contributed by atoms with Crippen LogP contribution >= 0.6 is 0 Å². The molecule has 1 amide bonds. The number of aromatic nitrogens is 3. The summed E-state index contributed by atoms with van der Waals surface area (Å²) in [6, 6.07) is 6.26. The zero-order valence-corrected chi connectivity index (χ0v) is 16.9. The van der Waals surface area contributed by atoms with Crippen molar-refractivity contribution in [2.24, 2.45) is 0 Å². The molecule has 0 unspecified atom stereocenters. The predicted molar refractivity (Wildman–Crippen MR) is 112 cm³/mol. The van der Waals surface area contributed by atoms with Gasteiger partial charge in [-0.05, 0) is 43.9 Å². The van der Waals surface area contributed by atoms with Crippen LogP contribution < -0.4 is 15.8 Å². The highest BCUT2D eigenvalue weighted by Crippen LogP contribution is 2.32. The number of aliphatic hydroxyl groups is 1. The number of benzene rings is 1. The second-order valence-electron chi connectivity index (χ2n) is 7.55. The molecule has 10 nitrogen and oxygen atoms in total. The average molecular weight is 425 g/mol. The normalized spacial score (nSPS) is 18.6. The van der Waals surface area contributed by atoms with Crippen LogP contribution in [-0.2, 0) is 0 Å². The van der Waals surface area contributed by atoms with Gasteiger partial charge in [0.25, 0.3) is 5.91 Å². The second-order valence-corrected chi connectivity index (χ2v) is 7.55. The number of fused-ring (bicyclic) bond motifs is 1. The minimum absolute atomic E-state index is 0.0266. The molecular formula is C21H23N5O5. The molecular weight excluding hydrogens is 402 g/mol. The Labute approximate surface area is 177 Å². The molecule has 1 fully saturated rings. The summed E-state index contributed by atoms with van der Waals surface area (Å²) in [6.45, 7) is 0. The van der Waals surface area contributed by atoms with Crippen molar-refractivity contribution in [1.29, 1.82) is 0 Å². The quantitative estimate of drug-likeness (QED) is 0.482. The number of carbonyl (C=O) groups excluding carboxylic acids is 1. The molecule has 0 radical (unpaired) electrons. The third kappa shape index (κ3) is 3.89. The molecule has 2 aromatic heterocycles. The summed E-state index contributed by atoms with van der Waals surface area (Å²) < 4.78 is 6.73. The number of ether oxygens (including phenoxy) is 1. The lowest BCUT2D eigenvalue weighted by molar-refractivity contribution is 0.0693. The van der Waals surface area contributed by atoms with E-state index in [4.69, 9.17) is 10.5 Å². The molecule has 0 spiro atoms. The number of amides is 1. The van der Waals surface area contributed by atoms with Crippen LogP contribution in [0.2, 0.25) is 0 Å². The lowest BCUT2D eigenvalue weighted by atomic mass is 9.93.